The van der Waals surface area contributed by atoms with E-state index >= 15 is 0 Å². The van der Waals surface area contributed by atoms with E-state index in [4.69, 9.17) is 0 Å². The normalized spacial score (nSPS) is 19.6. The molecule has 114 valence electrons. The van der Waals surface area contributed by atoms with Crippen LogP contribution >= 0.6 is 0 Å². The van der Waals surface area contributed by atoms with Gasteiger partial charge in [0.05, 0.1) is 5.92 Å². The standard InChI is InChI=1S/C17H28O3/c1-2-3-4-5-6-7-8-9-10-11-12-15-13-14-16(18)20-17(15)19/h11-12,15H,2-10,13-14H2,1H3. The summed E-state index contributed by atoms with van der Waals surface area (Å²) in [6, 6.07) is 0. The van der Waals surface area contributed by atoms with Gasteiger partial charge in [0.1, 0.15) is 0 Å². The van der Waals surface area contributed by atoms with Crippen molar-refractivity contribution < 1.29 is 14.3 Å². The molecule has 0 aromatic carbocycles. The molecule has 1 saturated heterocycles. The molecule has 3 heteroatoms. The van der Waals surface area contributed by atoms with E-state index in [-0.39, 0.29) is 17.9 Å². The molecule has 1 aliphatic rings. The summed E-state index contributed by atoms with van der Waals surface area (Å²) in [6.07, 6.45) is 16.5. The summed E-state index contributed by atoms with van der Waals surface area (Å²) in [5.41, 5.74) is 0. The van der Waals surface area contributed by atoms with E-state index in [1.807, 2.05) is 6.08 Å². The second kappa shape index (κ2) is 10.6. The Kier molecular flexibility index (Phi) is 9.01. The van der Waals surface area contributed by atoms with Crippen molar-refractivity contribution in [2.24, 2.45) is 5.92 Å². The molecule has 3 nitrogen and oxygen atoms in total. The lowest BCUT2D eigenvalue weighted by Crippen LogP contribution is -2.26. The molecule has 1 aliphatic heterocycles. The van der Waals surface area contributed by atoms with Crippen LogP contribution in [0.15, 0.2) is 12.2 Å². The maximum Gasteiger partial charge on any atom is 0.320 e. The Bertz CT molecular complexity index is 320. The van der Waals surface area contributed by atoms with E-state index in [1.54, 1.807) is 0 Å². The third-order valence-corrected chi connectivity index (χ3v) is 3.77. The van der Waals surface area contributed by atoms with E-state index in [0.717, 1.165) is 6.42 Å². The van der Waals surface area contributed by atoms with Crippen LogP contribution in [-0.2, 0) is 14.3 Å². The third kappa shape index (κ3) is 7.46. The Labute approximate surface area is 122 Å². The Morgan fingerprint density at radius 2 is 1.70 bits per heavy atom. The van der Waals surface area contributed by atoms with Crippen LogP contribution < -0.4 is 0 Å². The molecule has 0 aliphatic carbocycles. The molecule has 1 unspecified atom stereocenters. The van der Waals surface area contributed by atoms with E-state index in [2.05, 4.69) is 17.7 Å². The first-order valence-corrected chi connectivity index (χ1v) is 8.15. The van der Waals surface area contributed by atoms with Crippen molar-refractivity contribution in [2.75, 3.05) is 0 Å². The fourth-order valence-corrected chi connectivity index (χ4v) is 2.46. The summed E-state index contributed by atoms with van der Waals surface area (Å²) in [7, 11) is 0. The molecular weight excluding hydrogens is 252 g/mol. The van der Waals surface area contributed by atoms with Crippen LogP contribution in [0, 0.1) is 5.92 Å². The second-order valence-electron chi connectivity index (χ2n) is 5.63. The molecule has 0 bridgehead atoms. The van der Waals surface area contributed by atoms with Gasteiger partial charge in [0.15, 0.2) is 0 Å². The highest BCUT2D eigenvalue weighted by Crippen LogP contribution is 2.18. The minimum Gasteiger partial charge on any atom is -0.393 e. The van der Waals surface area contributed by atoms with Gasteiger partial charge >= 0.3 is 11.9 Å². The maximum atomic E-state index is 11.4. The van der Waals surface area contributed by atoms with E-state index in [0.29, 0.717) is 12.8 Å². The molecular formula is C17H28O3. The van der Waals surface area contributed by atoms with Crippen LogP contribution in [0.2, 0.25) is 0 Å². The predicted octanol–water partition coefficient (Wildman–Crippen LogP) is 4.55. The zero-order chi connectivity index (χ0) is 14.6. The van der Waals surface area contributed by atoms with Crippen LogP contribution in [0.25, 0.3) is 0 Å². The number of allylic oxidation sites excluding steroid dienone is 1. The lowest BCUT2D eigenvalue weighted by atomic mass is 10.00. The van der Waals surface area contributed by atoms with Crippen LogP contribution in [0.4, 0.5) is 0 Å². The van der Waals surface area contributed by atoms with Gasteiger partial charge < -0.3 is 4.74 Å². The number of cyclic esters (lactones) is 2. The fraction of sp³-hybridized carbons (Fsp3) is 0.765. The molecule has 1 fully saturated rings. The highest BCUT2D eigenvalue weighted by molar-refractivity contribution is 5.90. The average Bonchev–Trinajstić information content (AvgIpc) is 2.43. The summed E-state index contributed by atoms with van der Waals surface area (Å²) in [5.74, 6) is -0.974. The monoisotopic (exact) mass is 280 g/mol. The zero-order valence-electron chi connectivity index (χ0n) is 12.7. The number of ether oxygens (including phenoxy) is 1. The van der Waals surface area contributed by atoms with Crippen molar-refractivity contribution in [1.82, 2.24) is 0 Å². The molecule has 0 aromatic heterocycles. The first kappa shape index (κ1) is 16.9. The number of unbranched alkanes of at least 4 members (excludes halogenated alkanes) is 8. The molecule has 0 amide bonds. The molecule has 1 atom stereocenters. The van der Waals surface area contributed by atoms with Crippen LogP contribution in [0.3, 0.4) is 0 Å². The van der Waals surface area contributed by atoms with Gasteiger partial charge in [-0.15, -0.1) is 0 Å². The van der Waals surface area contributed by atoms with Crippen molar-refractivity contribution in [3.63, 3.8) is 0 Å². The highest BCUT2D eigenvalue weighted by Gasteiger charge is 2.26. The maximum absolute atomic E-state index is 11.4. The Balaban J connectivity index is 1.97. The first-order valence-electron chi connectivity index (χ1n) is 8.15. The molecule has 0 radical (unpaired) electrons. The van der Waals surface area contributed by atoms with Gasteiger partial charge in [0.2, 0.25) is 0 Å². The first-order chi connectivity index (χ1) is 9.74. The smallest absolute Gasteiger partial charge is 0.320 e. The van der Waals surface area contributed by atoms with Gasteiger partial charge in [0.25, 0.3) is 0 Å². The SMILES string of the molecule is CCCCCCCCCCC=CC1CCC(=O)OC1=O. The lowest BCUT2D eigenvalue weighted by Gasteiger charge is -2.15. The molecule has 0 N–H and O–H groups in total. The van der Waals surface area contributed by atoms with Crippen molar-refractivity contribution in [3.8, 4) is 0 Å². The predicted molar refractivity (Wildman–Crippen MR) is 80.2 cm³/mol. The number of carbonyl (C=O) groups is 2. The van der Waals surface area contributed by atoms with Crippen molar-refractivity contribution in [2.45, 2.75) is 77.6 Å². The largest absolute Gasteiger partial charge is 0.393 e. The summed E-state index contributed by atoms with van der Waals surface area (Å²) >= 11 is 0. The van der Waals surface area contributed by atoms with E-state index in [1.165, 1.54) is 51.4 Å². The Morgan fingerprint density at radius 3 is 2.35 bits per heavy atom. The minimum absolute atomic E-state index is 0.207. The van der Waals surface area contributed by atoms with Gasteiger partial charge in [0, 0.05) is 6.42 Å². The molecule has 1 heterocycles. The van der Waals surface area contributed by atoms with E-state index < -0.39 is 0 Å². The number of hydrogen-bond donors (Lipinski definition) is 0. The molecule has 0 aromatic rings. The topological polar surface area (TPSA) is 43.4 Å². The summed E-state index contributed by atoms with van der Waals surface area (Å²) in [6.45, 7) is 2.24. The fourth-order valence-electron chi connectivity index (χ4n) is 2.46. The molecule has 0 saturated carbocycles. The molecule has 1 rings (SSSR count). The lowest BCUT2D eigenvalue weighted by molar-refractivity contribution is -0.165. The summed E-state index contributed by atoms with van der Waals surface area (Å²) in [4.78, 5) is 22.3. The van der Waals surface area contributed by atoms with Crippen LogP contribution in [0.5, 0.6) is 0 Å². The van der Waals surface area contributed by atoms with Crippen molar-refractivity contribution >= 4 is 11.9 Å². The quantitative estimate of drug-likeness (QED) is 0.255. The third-order valence-electron chi connectivity index (χ3n) is 3.77. The van der Waals surface area contributed by atoms with Gasteiger partial charge in [-0.25, -0.2) is 0 Å². The van der Waals surface area contributed by atoms with E-state index in [9.17, 15) is 9.59 Å². The van der Waals surface area contributed by atoms with Crippen molar-refractivity contribution in [1.29, 1.82) is 0 Å². The Morgan fingerprint density at radius 1 is 1.05 bits per heavy atom. The average molecular weight is 280 g/mol. The van der Waals surface area contributed by atoms with Gasteiger partial charge in [-0.3, -0.25) is 9.59 Å². The number of esters is 2. The number of rotatable bonds is 10. The Hall–Kier alpha value is -1.12. The summed E-state index contributed by atoms with van der Waals surface area (Å²) < 4.78 is 4.61. The van der Waals surface area contributed by atoms with Crippen LogP contribution in [-0.4, -0.2) is 11.9 Å². The molecule has 20 heavy (non-hydrogen) atoms. The summed E-state index contributed by atoms with van der Waals surface area (Å²) in [5, 5.41) is 0. The second-order valence-corrected chi connectivity index (χ2v) is 5.63. The van der Waals surface area contributed by atoms with Gasteiger partial charge in [-0.05, 0) is 19.3 Å². The van der Waals surface area contributed by atoms with Gasteiger partial charge in [-0.2, -0.15) is 0 Å². The highest BCUT2D eigenvalue weighted by atomic mass is 16.6. The number of hydrogen-bond acceptors (Lipinski definition) is 3. The number of carbonyl (C=O) groups excluding carboxylic acids is 2. The minimum atomic E-state index is -0.386. The zero-order valence-corrected chi connectivity index (χ0v) is 12.7. The van der Waals surface area contributed by atoms with Crippen molar-refractivity contribution in [3.05, 3.63) is 12.2 Å². The van der Waals surface area contributed by atoms with Crippen LogP contribution in [0.1, 0.15) is 77.6 Å². The molecule has 0 spiro atoms. The van der Waals surface area contributed by atoms with Gasteiger partial charge in [-0.1, -0.05) is 64.0 Å².